The normalized spacial score (nSPS) is 16.3. The molecule has 1 aliphatic carbocycles. The minimum absolute atomic E-state index is 0.0190. The lowest BCUT2D eigenvalue weighted by Crippen LogP contribution is -2.50. The Labute approximate surface area is 257 Å². The van der Waals surface area contributed by atoms with Gasteiger partial charge in [0.1, 0.15) is 11.9 Å². The summed E-state index contributed by atoms with van der Waals surface area (Å²) < 4.78 is 63.2. The molecule has 2 amide bonds. The number of hydrogen-bond acceptors (Lipinski definition) is 9. The summed E-state index contributed by atoms with van der Waals surface area (Å²) in [5, 5.41) is 4.86. The highest BCUT2D eigenvalue weighted by Gasteiger charge is 2.51. The van der Waals surface area contributed by atoms with Gasteiger partial charge in [0, 0.05) is 10.9 Å². The van der Waals surface area contributed by atoms with Gasteiger partial charge in [0.2, 0.25) is 0 Å². The lowest BCUT2D eigenvalue weighted by molar-refractivity contribution is -0.193. The van der Waals surface area contributed by atoms with Gasteiger partial charge in [-0.1, -0.05) is 6.07 Å². The highest BCUT2D eigenvalue weighted by Crippen LogP contribution is 2.45. The summed E-state index contributed by atoms with van der Waals surface area (Å²) in [5.41, 5.74) is 7.30. The zero-order chi connectivity index (χ0) is 32.3. The van der Waals surface area contributed by atoms with E-state index in [1.54, 1.807) is 6.92 Å². The van der Waals surface area contributed by atoms with E-state index in [4.69, 9.17) is 15.5 Å². The van der Waals surface area contributed by atoms with Crippen LogP contribution in [0.1, 0.15) is 53.5 Å². The minimum atomic E-state index is -4.25. The van der Waals surface area contributed by atoms with Gasteiger partial charge in [0.15, 0.2) is 28.9 Å². The minimum Gasteiger partial charge on any atom is -0.423 e. The molecule has 0 radical (unpaired) electrons. The second kappa shape index (κ2) is 10.8. The van der Waals surface area contributed by atoms with Crippen LogP contribution in [0.3, 0.4) is 0 Å². The molecule has 46 heavy (non-hydrogen) atoms. The molecule has 1 atom stereocenters. The lowest BCUT2D eigenvalue weighted by atomic mass is 9.93. The van der Waals surface area contributed by atoms with E-state index >= 15 is 0 Å². The monoisotopic (exact) mass is 633 g/mol. The number of nitrogens with zero attached hydrogens (tertiary/aromatic N) is 8. The van der Waals surface area contributed by atoms with E-state index in [0.29, 0.717) is 23.1 Å². The van der Waals surface area contributed by atoms with Crippen LogP contribution in [0.2, 0.25) is 0 Å². The van der Waals surface area contributed by atoms with Gasteiger partial charge in [-0.15, -0.1) is 0 Å². The zero-order valence-corrected chi connectivity index (χ0v) is 24.0. The first kappa shape index (κ1) is 29.2. The second-order valence-corrected chi connectivity index (χ2v) is 11.1. The number of rotatable bonds is 8. The van der Waals surface area contributed by atoms with E-state index in [2.05, 4.69) is 25.0 Å². The number of alkyl halides is 2. The quantitative estimate of drug-likeness (QED) is 0.248. The van der Waals surface area contributed by atoms with Crippen molar-refractivity contribution in [2.75, 3.05) is 4.90 Å². The van der Waals surface area contributed by atoms with Crippen molar-refractivity contribution < 1.29 is 31.9 Å². The topological polar surface area (TPSA) is 155 Å². The fraction of sp³-hybridized carbons (Fsp3) is 0.267. The molecular weight excluding hydrogens is 610 g/mol. The van der Waals surface area contributed by atoms with E-state index in [9.17, 15) is 27.2 Å². The first-order valence-electron chi connectivity index (χ1n) is 14.2. The fourth-order valence-electron chi connectivity index (χ4n) is 5.49. The molecule has 2 N–H and O–H groups in total. The summed E-state index contributed by atoms with van der Waals surface area (Å²) in [6, 6.07) is 3.59. The number of nitrogens with two attached hydrogens (primary N) is 1. The predicted molar refractivity (Wildman–Crippen MR) is 152 cm³/mol. The Kier molecular flexibility index (Phi) is 6.86. The van der Waals surface area contributed by atoms with Crippen molar-refractivity contribution in [1.29, 1.82) is 0 Å². The van der Waals surface area contributed by atoms with Crippen molar-refractivity contribution in [1.82, 2.24) is 34.7 Å². The Balaban J connectivity index is 1.39. The van der Waals surface area contributed by atoms with Crippen molar-refractivity contribution >= 4 is 28.5 Å². The third kappa shape index (κ3) is 5.14. The Bertz CT molecular complexity index is 2020. The number of pyridine rings is 1. The Hall–Kier alpha value is -5.54. The number of anilines is 1. The number of halogens is 4. The molecule has 1 aliphatic heterocycles. The third-order valence-corrected chi connectivity index (χ3v) is 7.87. The molecule has 234 valence electrons. The summed E-state index contributed by atoms with van der Waals surface area (Å²) >= 11 is 0. The summed E-state index contributed by atoms with van der Waals surface area (Å²) in [6.45, 7) is 1.26. The maximum Gasteiger partial charge on any atom is 0.482 e. The average Bonchev–Trinajstić information content (AvgIpc) is 3.74. The summed E-state index contributed by atoms with van der Waals surface area (Å²) in [5.74, 6) is -3.68. The molecule has 0 saturated heterocycles. The standard InChI is InChI=1S/C30H23F4N9O3/c1-14(27-38-10-18(32)11-39-27)43-28-19(12-40-43)24(25(26(35)44)20(41-28)6-15-2-3-15)16-4-5-21-22(7-16)46-30(33,34)29(45)42(21)13-23-36-8-17(31)9-37-23/h4-5,7-12,14-15H,2-3,6,13H2,1H3,(H2,35,44)/t14-/m1/s1. The van der Waals surface area contributed by atoms with E-state index in [1.807, 2.05) is 0 Å². The number of ether oxygens (including phenoxy) is 1. The van der Waals surface area contributed by atoms with Gasteiger partial charge in [0.25, 0.3) is 5.91 Å². The van der Waals surface area contributed by atoms with Crippen LogP contribution in [0.15, 0.2) is 49.2 Å². The van der Waals surface area contributed by atoms with Crippen LogP contribution in [0, 0.1) is 17.6 Å². The summed E-state index contributed by atoms with van der Waals surface area (Å²) in [6.07, 6.45) is 3.31. The molecule has 1 saturated carbocycles. The highest BCUT2D eigenvalue weighted by atomic mass is 19.3. The van der Waals surface area contributed by atoms with E-state index in [0.717, 1.165) is 42.5 Å². The first-order valence-corrected chi connectivity index (χ1v) is 14.2. The lowest BCUT2D eigenvalue weighted by Gasteiger charge is -2.33. The van der Waals surface area contributed by atoms with Gasteiger partial charge in [-0.2, -0.15) is 13.9 Å². The smallest absolute Gasteiger partial charge is 0.423 e. The number of carbonyl (C=O) groups excluding carboxylic acids is 2. The van der Waals surface area contributed by atoms with Crippen LogP contribution < -0.4 is 15.4 Å². The Morgan fingerprint density at radius 3 is 2.39 bits per heavy atom. The van der Waals surface area contributed by atoms with Gasteiger partial charge >= 0.3 is 12.0 Å². The van der Waals surface area contributed by atoms with Gasteiger partial charge in [0.05, 0.1) is 54.5 Å². The molecule has 1 aromatic carbocycles. The van der Waals surface area contributed by atoms with Gasteiger partial charge in [-0.25, -0.2) is 38.4 Å². The van der Waals surface area contributed by atoms with Crippen LogP contribution in [0.4, 0.5) is 23.2 Å². The van der Waals surface area contributed by atoms with Crippen LogP contribution in [-0.4, -0.2) is 52.6 Å². The van der Waals surface area contributed by atoms with Crippen molar-refractivity contribution in [2.24, 2.45) is 11.7 Å². The van der Waals surface area contributed by atoms with Crippen LogP contribution in [0.5, 0.6) is 5.75 Å². The first-order chi connectivity index (χ1) is 22.0. The summed E-state index contributed by atoms with van der Waals surface area (Å²) in [7, 11) is 0. The molecule has 12 nitrogen and oxygen atoms in total. The molecule has 1 fully saturated rings. The molecule has 7 rings (SSSR count). The number of aromatic nitrogens is 7. The molecular formula is C30H23F4N9O3. The molecule has 5 heterocycles. The Morgan fingerprint density at radius 1 is 1.07 bits per heavy atom. The number of fused-ring (bicyclic) bond motifs is 2. The molecule has 0 unspecified atom stereocenters. The predicted octanol–water partition coefficient (Wildman–Crippen LogP) is 4.14. The number of benzene rings is 1. The van der Waals surface area contributed by atoms with Crippen molar-refractivity contribution in [2.45, 2.75) is 44.9 Å². The van der Waals surface area contributed by atoms with E-state index in [1.165, 1.54) is 29.1 Å². The van der Waals surface area contributed by atoms with Gasteiger partial charge in [-0.05, 0) is 49.8 Å². The molecule has 0 bridgehead atoms. The summed E-state index contributed by atoms with van der Waals surface area (Å²) in [4.78, 5) is 47.0. The van der Waals surface area contributed by atoms with Gasteiger partial charge < -0.3 is 10.5 Å². The molecule has 0 spiro atoms. The maximum absolute atomic E-state index is 14.9. The molecule has 4 aromatic heterocycles. The fourth-order valence-corrected chi connectivity index (χ4v) is 5.49. The number of carbonyl (C=O) groups is 2. The van der Waals surface area contributed by atoms with Crippen LogP contribution in [0.25, 0.3) is 22.2 Å². The highest BCUT2D eigenvalue weighted by molar-refractivity contribution is 6.09. The third-order valence-electron chi connectivity index (χ3n) is 7.87. The molecule has 16 heteroatoms. The second-order valence-electron chi connectivity index (χ2n) is 11.1. The maximum atomic E-state index is 14.9. The largest absolute Gasteiger partial charge is 0.482 e. The number of amides is 2. The average molecular weight is 634 g/mol. The van der Waals surface area contributed by atoms with E-state index in [-0.39, 0.29) is 45.7 Å². The van der Waals surface area contributed by atoms with Crippen LogP contribution in [-0.2, 0) is 17.8 Å². The molecule has 5 aromatic rings. The number of primary amides is 1. The zero-order valence-electron chi connectivity index (χ0n) is 24.0. The SMILES string of the molecule is C[C@H](c1ncc(F)cn1)n1ncc2c(-c3ccc4c(c3)OC(F)(F)C(=O)N4Cc3ncc(F)cn3)c(C(N)=O)c(CC3CC3)nc21. The number of hydrogen-bond donors (Lipinski definition) is 1. The van der Waals surface area contributed by atoms with Gasteiger partial charge in [-0.3, -0.25) is 14.5 Å². The molecule has 2 aliphatic rings. The van der Waals surface area contributed by atoms with Crippen molar-refractivity contribution in [3.63, 3.8) is 0 Å². The Morgan fingerprint density at radius 2 is 1.74 bits per heavy atom. The van der Waals surface area contributed by atoms with E-state index < -0.39 is 42.1 Å². The van der Waals surface area contributed by atoms with Crippen molar-refractivity contribution in [3.05, 3.63) is 83.7 Å². The van der Waals surface area contributed by atoms with Crippen LogP contribution >= 0.6 is 0 Å². The van der Waals surface area contributed by atoms with Crippen molar-refractivity contribution in [3.8, 4) is 16.9 Å².